The van der Waals surface area contributed by atoms with E-state index in [-0.39, 0.29) is 5.92 Å². The number of nitrogens with zero attached hydrogens (tertiary/aromatic N) is 2. The minimum Gasteiger partial charge on any atom is -0.493 e. The number of methoxy groups -OCH3 is 1. The standard InChI is InChI=1S/C16H19N3O2/c1-17-15-8-13(10-20-2)18-16(19-15)12-7-11-5-3-4-6-14(11)21-9-12/h3-6,8,12H,7,9-10H2,1-2H3,(H,17,18,19). The summed E-state index contributed by atoms with van der Waals surface area (Å²) in [5, 5.41) is 3.08. The second-order valence-corrected chi connectivity index (χ2v) is 5.11. The molecule has 0 radical (unpaired) electrons. The van der Waals surface area contributed by atoms with Crippen molar-refractivity contribution in [1.82, 2.24) is 9.97 Å². The summed E-state index contributed by atoms with van der Waals surface area (Å²) in [4.78, 5) is 9.18. The van der Waals surface area contributed by atoms with Gasteiger partial charge in [-0.3, -0.25) is 0 Å². The Morgan fingerprint density at radius 3 is 3.00 bits per heavy atom. The molecule has 0 bridgehead atoms. The number of anilines is 1. The van der Waals surface area contributed by atoms with Gasteiger partial charge in [-0.15, -0.1) is 0 Å². The molecular weight excluding hydrogens is 266 g/mol. The number of fused-ring (bicyclic) bond motifs is 1. The third kappa shape index (κ3) is 2.97. The monoisotopic (exact) mass is 285 g/mol. The molecule has 0 fully saturated rings. The second-order valence-electron chi connectivity index (χ2n) is 5.11. The molecular formula is C16H19N3O2. The Balaban J connectivity index is 1.89. The van der Waals surface area contributed by atoms with Crippen LogP contribution in [0.3, 0.4) is 0 Å². The summed E-state index contributed by atoms with van der Waals surface area (Å²) in [6.45, 7) is 1.09. The van der Waals surface area contributed by atoms with Crippen LogP contribution in [0, 0.1) is 0 Å². The van der Waals surface area contributed by atoms with Gasteiger partial charge in [-0.1, -0.05) is 18.2 Å². The lowest BCUT2D eigenvalue weighted by atomic mass is 9.96. The summed E-state index contributed by atoms with van der Waals surface area (Å²) in [7, 11) is 3.52. The van der Waals surface area contributed by atoms with Crippen molar-refractivity contribution in [2.75, 3.05) is 26.1 Å². The van der Waals surface area contributed by atoms with E-state index in [1.807, 2.05) is 31.3 Å². The first-order chi connectivity index (χ1) is 10.3. The molecule has 3 rings (SSSR count). The fourth-order valence-electron chi connectivity index (χ4n) is 2.54. The largest absolute Gasteiger partial charge is 0.493 e. The Bertz CT molecular complexity index is 631. The molecule has 21 heavy (non-hydrogen) atoms. The highest BCUT2D eigenvalue weighted by Crippen LogP contribution is 2.31. The Kier molecular flexibility index (Phi) is 4.01. The molecule has 110 valence electrons. The van der Waals surface area contributed by atoms with Gasteiger partial charge in [0, 0.05) is 20.2 Å². The van der Waals surface area contributed by atoms with Crippen LogP contribution >= 0.6 is 0 Å². The molecule has 0 spiro atoms. The summed E-state index contributed by atoms with van der Waals surface area (Å²) < 4.78 is 11.0. The Hall–Kier alpha value is -2.14. The van der Waals surface area contributed by atoms with Crippen molar-refractivity contribution in [2.24, 2.45) is 0 Å². The molecule has 0 saturated carbocycles. The lowest BCUT2D eigenvalue weighted by Gasteiger charge is -2.24. The Morgan fingerprint density at radius 2 is 2.19 bits per heavy atom. The van der Waals surface area contributed by atoms with Gasteiger partial charge in [0.15, 0.2) is 0 Å². The predicted octanol–water partition coefficient (Wildman–Crippen LogP) is 2.38. The van der Waals surface area contributed by atoms with Gasteiger partial charge in [0.1, 0.15) is 17.4 Å². The lowest BCUT2D eigenvalue weighted by molar-refractivity contribution is 0.180. The average Bonchev–Trinajstić information content (AvgIpc) is 2.54. The van der Waals surface area contributed by atoms with Crippen LogP contribution in [0.25, 0.3) is 0 Å². The topological polar surface area (TPSA) is 56.3 Å². The first-order valence-corrected chi connectivity index (χ1v) is 7.05. The Labute approximate surface area is 124 Å². The van der Waals surface area contributed by atoms with Gasteiger partial charge in [0.05, 0.1) is 24.8 Å². The van der Waals surface area contributed by atoms with Crippen molar-refractivity contribution in [2.45, 2.75) is 18.9 Å². The number of hydrogen-bond donors (Lipinski definition) is 1. The zero-order valence-corrected chi connectivity index (χ0v) is 12.3. The summed E-state index contributed by atoms with van der Waals surface area (Å²) in [5.41, 5.74) is 2.09. The molecule has 1 aromatic carbocycles. The molecule has 1 aromatic heterocycles. The highest BCUT2D eigenvalue weighted by molar-refractivity contribution is 5.39. The molecule has 5 nitrogen and oxygen atoms in total. The van der Waals surface area contributed by atoms with Crippen LogP contribution in [0.2, 0.25) is 0 Å². The van der Waals surface area contributed by atoms with Gasteiger partial charge in [0.2, 0.25) is 0 Å². The van der Waals surface area contributed by atoms with Gasteiger partial charge >= 0.3 is 0 Å². The number of para-hydroxylation sites is 1. The number of ether oxygens (including phenoxy) is 2. The first kappa shape index (κ1) is 13.8. The number of hydrogen-bond acceptors (Lipinski definition) is 5. The molecule has 2 aromatic rings. The molecule has 0 aliphatic carbocycles. The quantitative estimate of drug-likeness (QED) is 0.934. The summed E-state index contributed by atoms with van der Waals surface area (Å²) in [5.74, 6) is 2.76. The van der Waals surface area contributed by atoms with Crippen molar-refractivity contribution < 1.29 is 9.47 Å². The Morgan fingerprint density at radius 1 is 1.33 bits per heavy atom. The van der Waals surface area contributed by atoms with E-state index in [0.717, 1.165) is 29.5 Å². The molecule has 5 heteroatoms. The van der Waals surface area contributed by atoms with Crippen LogP contribution in [0.15, 0.2) is 30.3 Å². The number of rotatable bonds is 4. The molecule has 2 heterocycles. The van der Waals surface area contributed by atoms with E-state index in [1.165, 1.54) is 5.56 Å². The van der Waals surface area contributed by atoms with E-state index < -0.39 is 0 Å². The number of aromatic nitrogens is 2. The van der Waals surface area contributed by atoms with Gasteiger partial charge in [-0.25, -0.2) is 9.97 Å². The minimum absolute atomic E-state index is 0.170. The van der Waals surface area contributed by atoms with E-state index in [1.54, 1.807) is 7.11 Å². The van der Waals surface area contributed by atoms with E-state index in [2.05, 4.69) is 21.4 Å². The minimum atomic E-state index is 0.170. The van der Waals surface area contributed by atoms with Crippen molar-refractivity contribution in [3.05, 3.63) is 47.4 Å². The van der Waals surface area contributed by atoms with E-state index in [4.69, 9.17) is 9.47 Å². The van der Waals surface area contributed by atoms with Crippen LogP contribution in [-0.2, 0) is 17.8 Å². The first-order valence-electron chi connectivity index (χ1n) is 7.05. The van der Waals surface area contributed by atoms with Gasteiger partial charge in [-0.05, 0) is 18.1 Å². The predicted molar refractivity (Wildman–Crippen MR) is 80.7 cm³/mol. The zero-order chi connectivity index (χ0) is 14.7. The number of benzene rings is 1. The van der Waals surface area contributed by atoms with Crippen LogP contribution in [0.5, 0.6) is 5.75 Å². The van der Waals surface area contributed by atoms with E-state index in [9.17, 15) is 0 Å². The van der Waals surface area contributed by atoms with Crippen LogP contribution in [-0.4, -0.2) is 30.7 Å². The van der Waals surface area contributed by atoms with E-state index >= 15 is 0 Å². The van der Waals surface area contributed by atoms with Crippen LogP contribution in [0.1, 0.15) is 23.0 Å². The highest BCUT2D eigenvalue weighted by atomic mass is 16.5. The molecule has 1 atom stereocenters. The zero-order valence-electron chi connectivity index (χ0n) is 12.3. The molecule has 0 saturated heterocycles. The molecule has 0 amide bonds. The lowest BCUT2D eigenvalue weighted by Crippen LogP contribution is -2.22. The smallest absolute Gasteiger partial charge is 0.137 e. The van der Waals surface area contributed by atoms with Crippen LogP contribution < -0.4 is 10.1 Å². The summed E-state index contributed by atoms with van der Waals surface area (Å²) in [6.07, 6.45) is 0.899. The fraction of sp³-hybridized carbons (Fsp3) is 0.375. The van der Waals surface area contributed by atoms with E-state index in [0.29, 0.717) is 13.2 Å². The van der Waals surface area contributed by atoms with Crippen molar-refractivity contribution in [3.63, 3.8) is 0 Å². The third-order valence-corrected chi connectivity index (χ3v) is 3.59. The highest BCUT2D eigenvalue weighted by Gasteiger charge is 2.24. The van der Waals surface area contributed by atoms with Crippen LogP contribution in [0.4, 0.5) is 5.82 Å². The molecule has 1 unspecified atom stereocenters. The maximum atomic E-state index is 5.83. The normalized spacial score (nSPS) is 17.0. The third-order valence-electron chi connectivity index (χ3n) is 3.59. The molecule has 1 aliphatic rings. The second kappa shape index (κ2) is 6.10. The number of nitrogens with one attached hydrogen (secondary N) is 1. The van der Waals surface area contributed by atoms with Crippen molar-refractivity contribution >= 4 is 5.82 Å². The SMILES string of the molecule is CNc1cc(COC)nc(C2COc3ccccc3C2)n1. The maximum Gasteiger partial charge on any atom is 0.137 e. The molecule has 1 N–H and O–H groups in total. The van der Waals surface area contributed by atoms with Gasteiger partial charge in [-0.2, -0.15) is 0 Å². The maximum absolute atomic E-state index is 5.83. The van der Waals surface area contributed by atoms with Gasteiger partial charge < -0.3 is 14.8 Å². The average molecular weight is 285 g/mol. The van der Waals surface area contributed by atoms with Gasteiger partial charge in [0.25, 0.3) is 0 Å². The van der Waals surface area contributed by atoms with Crippen molar-refractivity contribution in [3.8, 4) is 5.75 Å². The summed E-state index contributed by atoms with van der Waals surface area (Å²) in [6, 6.07) is 10.0. The summed E-state index contributed by atoms with van der Waals surface area (Å²) >= 11 is 0. The van der Waals surface area contributed by atoms with Crippen molar-refractivity contribution in [1.29, 1.82) is 0 Å². The molecule has 1 aliphatic heterocycles. The fourth-order valence-corrected chi connectivity index (χ4v) is 2.54.